The molecule has 0 rings (SSSR count). The summed E-state index contributed by atoms with van der Waals surface area (Å²) in [6, 6.07) is 0. The lowest BCUT2D eigenvalue weighted by atomic mass is 9.90. The van der Waals surface area contributed by atoms with E-state index in [-0.39, 0.29) is 36.3 Å². The molecule has 4 heteroatoms. The van der Waals surface area contributed by atoms with Gasteiger partial charge < -0.3 is 9.47 Å². The molecule has 0 aromatic carbocycles. The van der Waals surface area contributed by atoms with Crippen LogP contribution in [0.2, 0.25) is 0 Å². The Morgan fingerprint density at radius 3 is 2.21 bits per heavy atom. The molecule has 0 heterocycles. The van der Waals surface area contributed by atoms with Gasteiger partial charge in [-0.05, 0) is 25.2 Å². The normalized spacial score (nSPS) is 12.9. The highest BCUT2D eigenvalue weighted by atomic mass is 16.5. The first-order valence-corrected chi connectivity index (χ1v) is 7.09. The Labute approximate surface area is 116 Å². The summed E-state index contributed by atoms with van der Waals surface area (Å²) in [5.74, 6) is -0.655. The van der Waals surface area contributed by atoms with Crippen molar-refractivity contribution in [1.29, 1.82) is 0 Å². The molecule has 0 aliphatic rings. The lowest BCUT2D eigenvalue weighted by Gasteiger charge is -2.23. The zero-order valence-electron chi connectivity index (χ0n) is 13.0. The maximum Gasteiger partial charge on any atom is 0.306 e. The van der Waals surface area contributed by atoms with E-state index >= 15 is 0 Å². The molecule has 0 N–H and O–H groups in total. The average molecular weight is 272 g/mol. The predicted molar refractivity (Wildman–Crippen MR) is 74.7 cm³/mol. The van der Waals surface area contributed by atoms with Gasteiger partial charge in [0.15, 0.2) is 0 Å². The summed E-state index contributed by atoms with van der Waals surface area (Å²) in [6.45, 7) is 10.6. The van der Waals surface area contributed by atoms with E-state index < -0.39 is 0 Å². The van der Waals surface area contributed by atoms with Crippen LogP contribution in [-0.2, 0) is 19.1 Å². The van der Waals surface area contributed by atoms with Crippen molar-refractivity contribution in [1.82, 2.24) is 0 Å². The molecule has 0 aliphatic carbocycles. The first-order chi connectivity index (χ1) is 8.74. The highest BCUT2D eigenvalue weighted by Gasteiger charge is 2.18. The molecule has 112 valence electrons. The molecule has 4 nitrogen and oxygen atoms in total. The zero-order chi connectivity index (χ0) is 14.9. The molecular weight excluding hydrogens is 244 g/mol. The summed E-state index contributed by atoms with van der Waals surface area (Å²) in [5, 5.41) is 0. The van der Waals surface area contributed by atoms with E-state index in [0.717, 1.165) is 19.3 Å². The second-order valence-electron chi connectivity index (χ2n) is 6.14. The number of carbonyl (C=O) groups excluding carboxylic acids is 2. The van der Waals surface area contributed by atoms with Crippen LogP contribution in [0.4, 0.5) is 0 Å². The highest BCUT2D eigenvalue weighted by Crippen LogP contribution is 2.22. The van der Waals surface area contributed by atoms with Crippen molar-refractivity contribution >= 4 is 11.9 Å². The SMILES string of the molecule is CCCCOC(=O)CCC(=O)OC(C)CC(C)(C)C. The van der Waals surface area contributed by atoms with E-state index in [1.165, 1.54) is 0 Å². The molecule has 0 amide bonds. The third kappa shape index (κ3) is 11.7. The summed E-state index contributed by atoms with van der Waals surface area (Å²) in [4.78, 5) is 22.9. The van der Waals surface area contributed by atoms with Crippen molar-refractivity contribution in [2.45, 2.75) is 72.8 Å². The minimum Gasteiger partial charge on any atom is -0.466 e. The van der Waals surface area contributed by atoms with E-state index in [9.17, 15) is 9.59 Å². The minimum absolute atomic E-state index is 0.0967. The molecule has 19 heavy (non-hydrogen) atoms. The number of rotatable bonds is 8. The van der Waals surface area contributed by atoms with E-state index in [2.05, 4.69) is 20.8 Å². The van der Waals surface area contributed by atoms with Gasteiger partial charge in [0.05, 0.1) is 25.6 Å². The van der Waals surface area contributed by atoms with Gasteiger partial charge in [0.25, 0.3) is 0 Å². The van der Waals surface area contributed by atoms with Crippen LogP contribution in [0.5, 0.6) is 0 Å². The molecule has 1 unspecified atom stereocenters. The van der Waals surface area contributed by atoms with Gasteiger partial charge in [0.2, 0.25) is 0 Å². The van der Waals surface area contributed by atoms with Gasteiger partial charge in [-0.25, -0.2) is 0 Å². The monoisotopic (exact) mass is 272 g/mol. The summed E-state index contributed by atoms with van der Waals surface area (Å²) in [5.41, 5.74) is 0.124. The molecular formula is C15H28O4. The predicted octanol–water partition coefficient (Wildman–Crippen LogP) is 3.48. The molecule has 0 spiro atoms. The van der Waals surface area contributed by atoms with Crippen molar-refractivity contribution in [2.24, 2.45) is 5.41 Å². The van der Waals surface area contributed by atoms with Gasteiger partial charge in [0, 0.05) is 0 Å². The Bertz CT molecular complexity index is 278. The third-order valence-electron chi connectivity index (χ3n) is 2.53. The van der Waals surface area contributed by atoms with Gasteiger partial charge in [-0.15, -0.1) is 0 Å². The number of hydrogen-bond acceptors (Lipinski definition) is 4. The lowest BCUT2D eigenvalue weighted by Crippen LogP contribution is -2.21. The van der Waals surface area contributed by atoms with Crippen molar-refractivity contribution in [2.75, 3.05) is 6.61 Å². The average Bonchev–Trinajstić information content (AvgIpc) is 2.24. The van der Waals surface area contributed by atoms with Crippen molar-refractivity contribution in [3.63, 3.8) is 0 Å². The fourth-order valence-corrected chi connectivity index (χ4v) is 1.79. The van der Waals surface area contributed by atoms with E-state index in [1.54, 1.807) is 0 Å². The standard InChI is InChI=1S/C15H28O4/c1-6-7-10-18-13(16)8-9-14(17)19-12(2)11-15(3,4)5/h12H,6-11H2,1-5H3. The van der Waals surface area contributed by atoms with Crippen LogP contribution in [0, 0.1) is 5.41 Å². The van der Waals surface area contributed by atoms with Gasteiger partial charge in [-0.1, -0.05) is 34.1 Å². The first kappa shape index (κ1) is 17.9. The van der Waals surface area contributed by atoms with Crippen LogP contribution in [0.3, 0.4) is 0 Å². The Morgan fingerprint density at radius 1 is 1.11 bits per heavy atom. The van der Waals surface area contributed by atoms with Crippen molar-refractivity contribution in [3.8, 4) is 0 Å². The Balaban J connectivity index is 3.77. The van der Waals surface area contributed by atoms with Gasteiger partial charge in [-0.3, -0.25) is 9.59 Å². The second-order valence-corrected chi connectivity index (χ2v) is 6.14. The van der Waals surface area contributed by atoms with Crippen LogP contribution in [0.1, 0.15) is 66.7 Å². The molecule has 0 saturated carbocycles. The topological polar surface area (TPSA) is 52.6 Å². The maximum atomic E-state index is 11.5. The summed E-state index contributed by atoms with van der Waals surface area (Å²) in [6.07, 6.45) is 2.73. The minimum atomic E-state index is -0.329. The number of hydrogen-bond donors (Lipinski definition) is 0. The molecule has 0 aliphatic heterocycles. The van der Waals surface area contributed by atoms with Crippen LogP contribution in [0.15, 0.2) is 0 Å². The Hall–Kier alpha value is -1.06. The number of carbonyl (C=O) groups is 2. The van der Waals surface area contributed by atoms with Crippen LogP contribution in [0.25, 0.3) is 0 Å². The van der Waals surface area contributed by atoms with Crippen LogP contribution in [-0.4, -0.2) is 24.6 Å². The third-order valence-corrected chi connectivity index (χ3v) is 2.53. The number of esters is 2. The van der Waals surface area contributed by atoms with Crippen LogP contribution < -0.4 is 0 Å². The molecule has 1 atom stereocenters. The molecule has 0 saturated heterocycles. The fourth-order valence-electron chi connectivity index (χ4n) is 1.79. The summed E-state index contributed by atoms with van der Waals surface area (Å²) < 4.78 is 10.2. The Kier molecular flexibility index (Phi) is 8.44. The van der Waals surface area contributed by atoms with E-state index in [0.29, 0.717) is 6.61 Å². The van der Waals surface area contributed by atoms with Gasteiger partial charge in [0.1, 0.15) is 0 Å². The van der Waals surface area contributed by atoms with E-state index in [1.807, 2.05) is 13.8 Å². The molecule has 0 aromatic rings. The van der Waals surface area contributed by atoms with Gasteiger partial charge >= 0.3 is 11.9 Å². The maximum absolute atomic E-state index is 11.5. The van der Waals surface area contributed by atoms with E-state index in [4.69, 9.17) is 9.47 Å². The van der Waals surface area contributed by atoms with Crippen molar-refractivity contribution in [3.05, 3.63) is 0 Å². The van der Waals surface area contributed by atoms with Crippen molar-refractivity contribution < 1.29 is 19.1 Å². The summed E-state index contributed by atoms with van der Waals surface area (Å²) in [7, 11) is 0. The van der Waals surface area contributed by atoms with Gasteiger partial charge in [-0.2, -0.15) is 0 Å². The molecule has 0 radical (unpaired) electrons. The summed E-state index contributed by atoms with van der Waals surface area (Å²) >= 11 is 0. The molecule has 0 bridgehead atoms. The molecule has 0 aromatic heterocycles. The fraction of sp³-hybridized carbons (Fsp3) is 0.867. The Morgan fingerprint density at radius 2 is 1.68 bits per heavy atom. The first-order valence-electron chi connectivity index (χ1n) is 7.09. The largest absolute Gasteiger partial charge is 0.466 e. The molecule has 0 fully saturated rings. The quantitative estimate of drug-likeness (QED) is 0.501. The number of unbranched alkanes of at least 4 members (excludes halogenated alkanes) is 1. The van der Waals surface area contributed by atoms with Crippen LogP contribution >= 0.6 is 0 Å². The lowest BCUT2D eigenvalue weighted by molar-refractivity contribution is -0.154. The number of ether oxygens (including phenoxy) is 2. The highest BCUT2D eigenvalue weighted by molar-refractivity contribution is 5.77. The smallest absolute Gasteiger partial charge is 0.306 e. The second kappa shape index (κ2) is 8.94. The zero-order valence-corrected chi connectivity index (χ0v) is 13.0.